The van der Waals surface area contributed by atoms with E-state index in [2.05, 4.69) is 15.7 Å². The van der Waals surface area contributed by atoms with Crippen molar-refractivity contribution in [2.24, 2.45) is 18.4 Å². The zero-order valence-corrected chi connectivity index (χ0v) is 12.0. The lowest BCUT2D eigenvalue weighted by Gasteiger charge is -2.17. The predicted molar refractivity (Wildman–Crippen MR) is 74.5 cm³/mol. The standard InChI is InChI=1S/C14H20N4O3/c1-18-7-9(6-16-18)11(12(19)20)17-13(21)15-8-14(4-5-14)10-2-3-10/h6-7,10-11H,2-5,8H2,1H3,(H,19,20)(H2,15,17,21). The Kier molecular flexibility index (Phi) is 3.35. The summed E-state index contributed by atoms with van der Waals surface area (Å²) in [5.41, 5.74) is 0.758. The number of hydrogen-bond acceptors (Lipinski definition) is 3. The summed E-state index contributed by atoms with van der Waals surface area (Å²) < 4.78 is 1.51. The second-order valence-corrected chi connectivity index (χ2v) is 6.18. The van der Waals surface area contributed by atoms with Crippen molar-refractivity contribution in [1.82, 2.24) is 20.4 Å². The first-order valence-electron chi connectivity index (χ1n) is 7.26. The maximum atomic E-state index is 11.9. The molecule has 2 amide bonds. The Morgan fingerprint density at radius 2 is 2.24 bits per heavy atom. The first-order chi connectivity index (χ1) is 10.00. The molecule has 0 aliphatic heterocycles. The fraction of sp³-hybridized carbons (Fsp3) is 0.643. The Balaban J connectivity index is 1.55. The molecule has 114 valence electrons. The van der Waals surface area contributed by atoms with Gasteiger partial charge in [0.1, 0.15) is 0 Å². The fourth-order valence-corrected chi connectivity index (χ4v) is 2.90. The van der Waals surface area contributed by atoms with E-state index in [0.29, 0.717) is 17.5 Å². The molecule has 0 saturated heterocycles. The molecular weight excluding hydrogens is 272 g/mol. The van der Waals surface area contributed by atoms with Gasteiger partial charge in [-0.2, -0.15) is 5.10 Å². The number of rotatable bonds is 6. The number of nitrogens with zero attached hydrogens (tertiary/aromatic N) is 2. The number of nitrogens with one attached hydrogen (secondary N) is 2. The molecule has 2 saturated carbocycles. The van der Waals surface area contributed by atoms with E-state index in [4.69, 9.17) is 0 Å². The largest absolute Gasteiger partial charge is 0.479 e. The van der Waals surface area contributed by atoms with E-state index in [1.165, 1.54) is 36.6 Å². The quantitative estimate of drug-likeness (QED) is 0.729. The van der Waals surface area contributed by atoms with E-state index in [0.717, 1.165) is 5.92 Å². The van der Waals surface area contributed by atoms with Gasteiger partial charge in [0.05, 0.1) is 6.20 Å². The Morgan fingerprint density at radius 3 is 2.71 bits per heavy atom. The second-order valence-electron chi connectivity index (χ2n) is 6.18. The van der Waals surface area contributed by atoms with Crippen molar-refractivity contribution < 1.29 is 14.7 Å². The third-order valence-corrected chi connectivity index (χ3v) is 4.52. The van der Waals surface area contributed by atoms with Gasteiger partial charge in [-0.25, -0.2) is 9.59 Å². The van der Waals surface area contributed by atoms with Crippen LogP contribution in [0.15, 0.2) is 12.4 Å². The molecule has 1 heterocycles. The first kappa shape index (κ1) is 13.9. The van der Waals surface area contributed by atoms with E-state index >= 15 is 0 Å². The minimum absolute atomic E-state index is 0.296. The lowest BCUT2D eigenvalue weighted by molar-refractivity contribution is -0.139. The Hall–Kier alpha value is -2.05. The van der Waals surface area contributed by atoms with Crippen LogP contribution in [0, 0.1) is 11.3 Å². The Bertz CT molecular complexity index is 560. The number of carbonyl (C=O) groups excluding carboxylic acids is 1. The predicted octanol–water partition coefficient (Wildman–Crippen LogP) is 1.04. The van der Waals surface area contributed by atoms with Crippen LogP contribution in [0.25, 0.3) is 0 Å². The van der Waals surface area contributed by atoms with Gasteiger partial charge < -0.3 is 15.7 Å². The Labute approximate surface area is 122 Å². The average Bonchev–Trinajstić information content (AvgIpc) is 3.32. The molecule has 2 aliphatic rings. The van der Waals surface area contributed by atoms with Crippen molar-refractivity contribution in [3.8, 4) is 0 Å². The van der Waals surface area contributed by atoms with Crippen molar-refractivity contribution in [2.45, 2.75) is 31.7 Å². The topological polar surface area (TPSA) is 96.2 Å². The van der Waals surface area contributed by atoms with Gasteiger partial charge >= 0.3 is 12.0 Å². The maximum absolute atomic E-state index is 11.9. The minimum Gasteiger partial charge on any atom is -0.479 e. The molecule has 0 spiro atoms. The molecule has 21 heavy (non-hydrogen) atoms. The van der Waals surface area contributed by atoms with Crippen LogP contribution in [0.4, 0.5) is 4.79 Å². The number of carboxylic acid groups (broad SMARTS) is 1. The molecule has 1 aromatic heterocycles. The van der Waals surface area contributed by atoms with Crippen LogP contribution in [0.2, 0.25) is 0 Å². The molecule has 0 aromatic carbocycles. The molecule has 3 N–H and O–H groups in total. The lowest BCUT2D eigenvalue weighted by Crippen LogP contribution is -2.43. The van der Waals surface area contributed by atoms with E-state index in [9.17, 15) is 14.7 Å². The molecule has 0 bridgehead atoms. The number of amides is 2. The summed E-state index contributed by atoms with van der Waals surface area (Å²) in [5, 5.41) is 18.5. The van der Waals surface area contributed by atoms with Crippen LogP contribution in [0.5, 0.6) is 0 Å². The normalized spacial score (nSPS) is 20.6. The van der Waals surface area contributed by atoms with Crippen molar-refractivity contribution in [3.63, 3.8) is 0 Å². The van der Waals surface area contributed by atoms with E-state index < -0.39 is 18.0 Å². The van der Waals surface area contributed by atoms with Gasteiger partial charge in [-0.3, -0.25) is 4.68 Å². The summed E-state index contributed by atoms with van der Waals surface area (Å²) in [6.07, 6.45) is 7.90. The first-order valence-corrected chi connectivity index (χ1v) is 7.26. The number of carboxylic acids is 1. The monoisotopic (exact) mass is 292 g/mol. The van der Waals surface area contributed by atoms with Gasteiger partial charge in [-0.15, -0.1) is 0 Å². The number of aryl methyl sites for hydroxylation is 1. The zero-order chi connectivity index (χ0) is 15.0. The smallest absolute Gasteiger partial charge is 0.331 e. The molecule has 2 fully saturated rings. The van der Waals surface area contributed by atoms with Gasteiger partial charge in [0.15, 0.2) is 6.04 Å². The summed E-state index contributed by atoms with van der Waals surface area (Å²) in [6, 6.07) is -1.51. The van der Waals surface area contributed by atoms with Crippen LogP contribution in [-0.4, -0.2) is 33.4 Å². The van der Waals surface area contributed by atoms with E-state index in [1.807, 2.05) is 0 Å². The molecule has 7 nitrogen and oxygen atoms in total. The number of urea groups is 1. The zero-order valence-electron chi connectivity index (χ0n) is 12.0. The highest BCUT2D eigenvalue weighted by Crippen LogP contribution is 2.60. The number of aliphatic carboxylic acids is 1. The second kappa shape index (κ2) is 5.05. The van der Waals surface area contributed by atoms with Crippen LogP contribution >= 0.6 is 0 Å². The fourth-order valence-electron chi connectivity index (χ4n) is 2.90. The molecule has 2 aliphatic carbocycles. The van der Waals surface area contributed by atoms with Gasteiger partial charge in [0.25, 0.3) is 0 Å². The molecular formula is C14H20N4O3. The van der Waals surface area contributed by atoms with Gasteiger partial charge in [0, 0.05) is 25.4 Å². The van der Waals surface area contributed by atoms with Crippen molar-refractivity contribution in [3.05, 3.63) is 18.0 Å². The van der Waals surface area contributed by atoms with Crippen LogP contribution in [0.3, 0.4) is 0 Å². The number of aromatic nitrogens is 2. The molecule has 0 radical (unpaired) electrons. The minimum atomic E-state index is -1.10. The van der Waals surface area contributed by atoms with Crippen molar-refractivity contribution >= 4 is 12.0 Å². The third kappa shape index (κ3) is 3.01. The summed E-state index contributed by atoms with van der Waals surface area (Å²) in [5.74, 6) is -0.340. The maximum Gasteiger partial charge on any atom is 0.331 e. The lowest BCUT2D eigenvalue weighted by atomic mass is 10.0. The van der Waals surface area contributed by atoms with Crippen molar-refractivity contribution in [2.75, 3.05) is 6.54 Å². The average molecular weight is 292 g/mol. The van der Waals surface area contributed by atoms with Gasteiger partial charge in [-0.05, 0) is 37.0 Å². The molecule has 3 rings (SSSR count). The van der Waals surface area contributed by atoms with Crippen LogP contribution < -0.4 is 10.6 Å². The summed E-state index contributed by atoms with van der Waals surface area (Å²) in [7, 11) is 1.70. The molecule has 1 unspecified atom stereocenters. The number of carbonyl (C=O) groups is 2. The highest BCUT2D eigenvalue weighted by Gasteiger charge is 2.53. The highest BCUT2D eigenvalue weighted by atomic mass is 16.4. The van der Waals surface area contributed by atoms with Gasteiger partial charge in [-0.1, -0.05) is 0 Å². The van der Waals surface area contributed by atoms with Crippen molar-refractivity contribution in [1.29, 1.82) is 0 Å². The van der Waals surface area contributed by atoms with E-state index in [-0.39, 0.29) is 0 Å². The summed E-state index contributed by atoms with van der Waals surface area (Å²) in [4.78, 5) is 23.2. The SMILES string of the molecule is Cn1cc(C(NC(=O)NCC2(C3CC3)CC2)C(=O)O)cn1. The third-order valence-electron chi connectivity index (χ3n) is 4.52. The van der Waals surface area contributed by atoms with Crippen LogP contribution in [-0.2, 0) is 11.8 Å². The summed E-state index contributed by atoms with van der Waals surface area (Å²) in [6.45, 7) is 0.642. The number of hydrogen-bond donors (Lipinski definition) is 3. The molecule has 7 heteroatoms. The van der Waals surface area contributed by atoms with Gasteiger partial charge in [0.2, 0.25) is 0 Å². The molecule has 1 aromatic rings. The molecule has 1 atom stereocenters. The Morgan fingerprint density at radius 1 is 1.52 bits per heavy atom. The van der Waals surface area contributed by atoms with E-state index in [1.54, 1.807) is 13.2 Å². The highest BCUT2D eigenvalue weighted by molar-refractivity contribution is 5.83. The van der Waals surface area contributed by atoms with Crippen LogP contribution in [0.1, 0.15) is 37.3 Å². The summed E-state index contributed by atoms with van der Waals surface area (Å²) >= 11 is 0.